The van der Waals surface area contributed by atoms with Crippen LogP contribution in [0.25, 0.3) is 10.9 Å². The van der Waals surface area contributed by atoms with Gasteiger partial charge in [-0.2, -0.15) is 0 Å². The summed E-state index contributed by atoms with van der Waals surface area (Å²) in [6.07, 6.45) is 4.08. The number of thioether (sulfide) groups is 1. The summed E-state index contributed by atoms with van der Waals surface area (Å²) in [6.45, 7) is 6.07. The molecule has 9 nitrogen and oxygen atoms in total. The predicted molar refractivity (Wildman–Crippen MR) is 181 cm³/mol. The molecule has 3 aromatic carbocycles. The van der Waals surface area contributed by atoms with Gasteiger partial charge in [0.05, 0.1) is 31.1 Å². The zero-order valence-corrected chi connectivity index (χ0v) is 26.8. The average Bonchev–Trinajstić information content (AvgIpc) is 3.10. The van der Waals surface area contributed by atoms with E-state index in [2.05, 4.69) is 22.5 Å². The van der Waals surface area contributed by atoms with E-state index in [4.69, 9.17) is 20.3 Å². The van der Waals surface area contributed by atoms with Crippen LogP contribution in [0.1, 0.15) is 35.3 Å². The average molecular weight is 644 g/mol. The number of anilines is 1. The molecule has 1 aromatic heterocycles. The first-order chi connectivity index (χ1) is 22.2. The minimum atomic E-state index is -1.54. The molecule has 0 amide bonds. The standard InChI is InChI=1S/C20H24N2O2.C16H17NO4S/c1-3-13-12-22-9-7-14(13)10-19(22)20(23)16-6-8-21-18-5-4-15(24-2)11-17(16)18;1-21-11-8-6-10(7-9-11)15(14(18)16(19)20)22-13-5-3-2-4-12(13)17/h3-6,8,11,13-14,19-20,23H,1,7,9-10,12H2,2H3;2-9,14-15,18H,17H2,1H3,(H,19,20)/t13-,14-,19-,20+;/m0./s1. The third kappa shape index (κ3) is 7.31. The molecule has 3 aliphatic rings. The number of pyridine rings is 1. The fourth-order valence-electron chi connectivity index (χ4n) is 6.41. The van der Waals surface area contributed by atoms with E-state index in [0.29, 0.717) is 28.8 Å². The lowest BCUT2D eigenvalue weighted by Crippen LogP contribution is -2.54. The molecule has 0 saturated carbocycles. The van der Waals surface area contributed by atoms with E-state index in [0.717, 1.165) is 46.6 Å². The number of nitrogens with zero attached hydrogens (tertiary/aromatic N) is 2. The van der Waals surface area contributed by atoms with Crippen molar-refractivity contribution in [3.05, 3.63) is 103 Å². The number of aliphatic carboxylic acids is 1. The van der Waals surface area contributed by atoms with Gasteiger partial charge in [-0.05, 0) is 90.9 Å². The van der Waals surface area contributed by atoms with Crippen LogP contribution in [0.5, 0.6) is 11.5 Å². The van der Waals surface area contributed by atoms with Crippen LogP contribution in [-0.4, -0.2) is 70.6 Å². The first kappa shape index (κ1) is 33.3. The fraction of sp³-hybridized carbons (Fsp3) is 0.333. The van der Waals surface area contributed by atoms with Crippen LogP contribution < -0.4 is 15.2 Å². The molecule has 0 aliphatic carbocycles. The van der Waals surface area contributed by atoms with Crippen molar-refractivity contribution in [1.29, 1.82) is 0 Å². The lowest BCUT2D eigenvalue weighted by atomic mass is 9.73. The molecule has 4 heterocycles. The minimum absolute atomic E-state index is 0.178. The van der Waals surface area contributed by atoms with Crippen LogP contribution in [0, 0.1) is 11.8 Å². The molecule has 0 spiro atoms. The molecule has 3 saturated heterocycles. The number of benzene rings is 3. The monoisotopic (exact) mass is 643 g/mol. The molecule has 7 atom stereocenters. The van der Waals surface area contributed by atoms with Crippen LogP contribution in [-0.2, 0) is 4.79 Å². The van der Waals surface area contributed by atoms with E-state index in [-0.39, 0.29) is 6.04 Å². The number of carbonyl (C=O) groups is 1. The number of rotatable bonds is 10. The van der Waals surface area contributed by atoms with Crippen LogP contribution in [0.2, 0.25) is 0 Å². The summed E-state index contributed by atoms with van der Waals surface area (Å²) in [6, 6.07) is 22.0. The maximum atomic E-state index is 11.2. The van der Waals surface area contributed by atoms with E-state index < -0.39 is 23.4 Å². The number of nitrogen functional groups attached to an aromatic ring is 1. The highest BCUT2D eigenvalue weighted by Crippen LogP contribution is 2.43. The van der Waals surface area contributed by atoms with Gasteiger partial charge < -0.3 is 30.5 Å². The maximum Gasteiger partial charge on any atom is 0.334 e. The Morgan fingerprint density at radius 3 is 2.41 bits per heavy atom. The third-order valence-electron chi connectivity index (χ3n) is 8.98. The van der Waals surface area contributed by atoms with Gasteiger partial charge in [0.25, 0.3) is 0 Å². The van der Waals surface area contributed by atoms with Crippen LogP contribution in [0.15, 0.2) is 96.5 Å². The number of nitrogens with two attached hydrogens (primary N) is 1. The Labute approximate surface area is 273 Å². The number of ether oxygens (including phenoxy) is 2. The third-order valence-corrected chi connectivity index (χ3v) is 10.4. The zero-order valence-electron chi connectivity index (χ0n) is 26.0. The second-order valence-electron chi connectivity index (χ2n) is 11.6. The highest BCUT2D eigenvalue weighted by atomic mass is 32.2. The van der Waals surface area contributed by atoms with E-state index in [1.54, 1.807) is 62.9 Å². The second kappa shape index (κ2) is 15.0. The molecule has 7 rings (SSSR count). The van der Waals surface area contributed by atoms with Crippen molar-refractivity contribution in [2.75, 3.05) is 33.0 Å². The van der Waals surface area contributed by atoms with E-state index in [1.807, 2.05) is 30.3 Å². The first-order valence-electron chi connectivity index (χ1n) is 15.3. The van der Waals surface area contributed by atoms with Crippen molar-refractivity contribution in [3.63, 3.8) is 0 Å². The molecule has 242 valence electrons. The number of carboxylic acid groups (broad SMARTS) is 1. The van der Waals surface area contributed by atoms with Gasteiger partial charge in [0, 0.05) is 34.8 Å². The summed E-state index contributed by atoms with van der Waals surface area (Å²) < 4.78 is 10.4. The number of methoxy groups -OCH3 is 2. The second-order valence-corrected chi connectivity index (χ2v) is 12.8. The zero-order chi connectivity index (χ0) is 32.8. The summed E-state index contributed by atoms with van der Waals surface area (Å²) in [5.41, 5.74) is 8.97. The van der Waals surface area contributed by atoms with Crippen LogP contribution in [0.3, 0.4) is 0 Å². The summed E-state index contributed by atoms with van der Waals surface area (Å²) in [7, 11) is 3.22. The Hall–Kier alpha value is -4.09. The topological polar surface area (TPSA) is 138 Å². The maximum absolute atomic E-state index is 11.2. The molecule has 5 N–H and O–H groups in total. The summed E-state index contributed by atoms with van der Waals surface area (Å²) >= 11 is 1.22. The Balaban J connectivity index is 0.000000182. The lowest BCUT2D eigenvalue weighted by molar-refractivity contribution is -0.146. The van der Waals surface area contributed by atoms with E-state index >= 15 is 0 Å². The fourth-order valence-corrected chi connectivity index (χ4v) is 7.58. The van der Waals surface area contributed by atoms with Gasteiger partial charge in [-0.1, -0.05) is 30.3 Å². The number of piperidine rings is 3. The number of para-hydroxylation sites is 1. The predicted octanol–water partition coefficient (Wildman–Crippen LogP) is 5.73. The Kier molecular flexibility index (Phi) is 10.9. The van der Waals surface area contributed by atoms with Crippen molar-refractivity contribution in [1.82, 2.24) is 9.88 Å². The van der Waals surface area contributed by atoms with Crippen LogP contribution in [0.4, 0.5) is 5.69 Å². The molecule has 10 heteroatoms. The van der Waals surface area contributed by atoms with Crippen molar-refractivity contribution in [2.24, 2.45) is 11.8 Å². The molecule has 46 heavy (non-hydrogen) atoms. The van der Waals surface area contributed by atoms with Gasteiger partial charge in [0.15, 0.2) is 6.10 Å². The Morgan fingerprint density at radius 1 is 1.07 bits per heavy atom. The molecule has 3 unspecified atom stereocenters. The number of hydrogen-bond acceptors (Lipinski definition) is 9. The summed E-state index contributed by atoms with van der Waals surface area (Å²) in [4.78, 5) is 18.8. The Bertz CT molecular complexity index is 1650. The number of carboxylic acids is 1. The van der Waals surface area contributed by atoms with Crippen LogP contribution >= 0.6 is 11.8 Å². The minimum Gasteiger partial charge on any atom is -0.497 e. The van der Waals surface area contributed by atoms with E-state index in [9.17, 15) is 15.0 Å². The van der Waals surface area contributed by atoms with Crippen molar-refractivity contribution < 1.29 is 29.6 Å². The number of aliphatic hydroxyl groups is 2. The largest absolute Gasteiger partial charge is 0.497 e. The van der Waals surface area contributed by atoms with Gasteiger partial charge in [-0.3, -0.25) is 9.88 Å². The summed E-state index contributed by atoms with van der Waals surface area (Å²) in [5, 5.41) is 30.6. The van der Waals surface area contributed by atoms with Gasteiger partial charge in [-0.25, -0.2) is 4.79 Å². The van der Waals surface area contributed by atoms with Crippen molar-refractivity contribution in [2.45, 2.75) is 41.2 Å². The number of hydrogen-bond donors (Lipinski definition) is 4. The Morgan fingerprint density at radius 2 is 1.78 bits per heavy atom. The molecule has 3 aliphatic heterocycles. The molecular formula is C36H41N3O6S. The quantitative estimate of drug-likeness (QED) is 0.0963. The summed E-state index contributed by atoms with van der Waals surface area (Å²) in [5.74, 6) is 1.40. The van der Waals surface area contributed by atoms with Gasteiger partial charge in [0.2, 0.25) is 0 Å². The first-order valence-corrected chi connectivity index (χ1v) is 16.1. The SMILES string of the molecule is C=C[C@H]1CN2CC[C@H]1C[C@H]2[C@H](O)c1ccnc2ccc(OC)cc12.COc1ccc(C(Sc2ccccc2N)C(O)C(=O)O)cc1. The van der Waals surface area contributed by atoms with Gasteiger partial charge in [-0.15, -0.1) is 18.3 Å². The normalized spacial score (nSPS) is 22.2. The van der Waals surface area contributed by atoms with Gasteiger partial charge in [0.1, 0.15) is 11.5 Å². The number of aromatic nitrogens is 1. The number of aliphatic hydroxyl groups excluding tert-OH is 2. The highest BCUT2D eigenvalue weighted by molar-refractivity contribution is 7.99. The smallest absolute Gasteiger partial charge is 0.334 e. The van der Waals surface area contributed by atoms with Crippen molar-refractivity contribution in [3.8, 4) is 11.5 Å². The van der Waals surface area contributed by atoms with Gasteiger partial charge >= 0.3 is 5.97 Å². The molecule has 2 bridgehead atoms. The lowest BCUT2D eigenvalue weighted by Gasteiger charge is -2.50. The molecule has 0 radical (unpaired) electrons. The number of fused-ring (bicyclic) bond motifs is 4. The van der Waals surface area contributed by atoms with Crippen molar-refractivity contribution >= 4 is 34.3 Å². The molecule has 3 fully saturated rings. The highest BCUT2D eigenvalue weighted by Gasteiger charge is 2.42. The van der Waals surface area contributed by atoms with E-state index in [1.165, 1.54) is 18.2 Å². The molecule has 4 aromatic rings. The molecular weight excluding hydrogens is 602 g/mol.